The fourth-order valence-corrected chi connectivity index (χ4v) is 2.52. The Morgan fingerprint density at radius 2 is 2.25 bits per heavy atom. The molecule has 0 saturated heterocycles. The Balaban J connectivity index is 2.14. The zero-order chi connectivity index (χ0) is 14.5. The SMILES string of the molecule is Cc1nc(CC(NN)c2cccc(OC(F)F)c2)cs1. The molecule has 4 nitrogen and oxygen atoms in total. The molecule has 108 valence electrons. The maximum absolute atomic E-state index is 12.2. The third-order valence-corrected chi connectivity index (χ3v) is 3.59. The molecular formula is C13H15F2N3OS. The molecule has 0 amide bonds. The predicted molar refractivity (Wildman–Crippen MR) is 73.7 cm³/mol. The number of aryl methyl sites for hydroxylation is 1. The summed E-state index contributed by atoms with van der Waals surface area (Å²) in [6.45, 7) is -0.911. The van der Waals surface area contributed by atoms with Gasteiger partial charge in [0.2, 0.25) is 0 Å². The Labute approximate surface area is 119 Å². The van der Waals surface area contributed by atoms with Crippen LogP contribution in [0, 0.1) is 6.92 Å². The van der Waals surface area contributed by atoms with Crippen molar-refractivity contribution in [2.45, 2.75) is 26.0 Å². The minimum Gasteiger partial charge on any atom is -0.435 e. The number of nitrogens with two attached hydrogens (primary N) is 1. The second-order valence-corrected chi connectivity index (χ2v) is 5.29. The van der Waals surface area contributed by atoms with Crippen molar-refractivity contribution in [2.75, 3.05) is 0 Å². The van der Waals surface area contributed by atoms with Crippen LogP contribution in [0.15, 0.2) is 29.6 Å². The Morgan fingerprint density at radius 3 is 2.85 bits per heavy atom. The fraction of sp³-hybridized carbons (Fsp3) is 0.308. The largest absolute Gasteiger partial charge is 0.435 e. The molecule has 0 saturated carbocycles. The Bertz CT molecular complexity index is 562. The molecule has 0 radical (unpaired) electrons. The first-order chi connectivity index (χ1) is 9.58. The van der Waals surface area contributed by atoms with Gasteiger partial charge in [0.15, 0.2) is 0 Å². The quantitative estimate of drug-likeness (QED) is 0.636. The summed E-state index contributed by atoms with van der Waals surface area (Å²) in [5, 5.41) is 2.93. The summed E-state index contributed by atoms with van der Waals surface area (Å²) in [5.41, 5.74) is 4.37. The van der Waals surface area contributed by atoms with Gasteiger partial charge in [-0.2, -0.15) is 8.78 Å². The zero-order valence-electron chi connectivity index (χ0n) is 10.8. The van der Waals surface area contributed by atoms with Crippen molar-refractivity contribution < 1.29 is 13.5 Å². The van der Waals surface area contributed by atoms with Crippen LogP contribution in [0.25, 0.3) is 0 Å². The highest BCUT2D eigenvalue weighted by Gasteiger charge is 2.14. The molecule has 0 spiro atoms. The number of ether oxygens (including phenoxy) is 1. The Kier molecular flexibility index (Phi) is 4.99. The first-order valence-corrected chi connectivity index (χ1v) is 6.88. The van der Waals surface area contributed by atoms with Gasteiger partial charge in [0.1, 0.15) is 5.75 Å². The van der Waals surface area contributed by atoms with Crippen molar-refractivity contribution in [3.05, 3.63) is 45.9 Å². The predicted octanol–water partition coefficient (Wildman–Crippen LogP) is 2.80. The van der Waals surface area contributed by atoms with E-state index in [1.165, 1.54) is 6.07 Å². The first kappa shape index (κ1) is 14.8. The maximum atomic E-state index is 12.2. The molecule has 1 heterocycles. The molecule has 2 rings (SSSR count). The van der Waals surface area contributed by atoms with Gasteiger partial charge in [-0.15, -0.1) is 11.3 Å². The lowest BCUT2D eigenvalue weighted by molar-refractivity contribution is -0.0499. The van der Waals surface area contributed by atoms with E-state index in [-0.39, 0.29) is 11.8 Å². The van der Waals surface area contributed by atoms with E-state index < -0.39 is 6.61 Å². The van der Waals surface area contributed by atoms with Gasteiger partial charge in [-0.3, -0.25) is 11.3 Å². The van der Waals surface area contributed by atoms with Gasteiger partial charge in [-0.1, -0.05) is 12.1 Å². The van der Waals surface area contributed by atoms with Crippen LogP contribution in [-0.2, 0) is 6.42 Å². The van der Waals surface area contributed by atoms with Crippen LogP contribution in [-0.4, -0.2) is 11.6 Å². The van der Waals surface area contributed by atoms with Gasteiger partial charge in [0.05, 0.1) is 16.7 Å². The van der Waals surface area contributed by atoms with Crippen molar-refractivity contribution in [1.82, 2.24) is 10.4 Å². The number of rotatable bonds is 6. The molecule has 1 atom stereocenters. The number of nitrogens with zero attached hydrogens (tertiary/aromatic N) is 1. The van der Waals surface area contributed by atoms with Crippen LogP contribution in [0.3, 0.4) is 0 Å². The summed E-state index contributed by atoms with van der Waals surface area (Å²) >= 11 is 1.56. The summed E-state index contributed by atoms with van der Waals surface area (Å²) in [6, 6.07) is 6.29. The second-order valence-electron chi connectivity index (χ2n) is 4.23. The van der Waals surface area contributed by atoms with E-state index >= 15 is 0 Å². The van der Waals surface area contributed by atoms with Crippen LogP contribution in [0.4, 0.5) is 8.78 Å². The fourth-order valence-electron chi connectivity index (χ4n) is 1.89. The molecule has 20 heavy (non-hydrogen) atoms. The van der Waals surface area contributed by atoms with Crippen molar-refractivity contribution in [2.24, 2.45) is 5.84 Å². The monoisotopic (exact) mass is 299 g/mol. The summed E-state index contributed by atoms with van der Waals surface area (Å²) in [6.07, 6.45) is 0.582. The highest BCUT2D eigenvalue weighted by molar-refractivity contribution is 7.09. The minimum atomic E-state index is -2.84. The number of nitrogens with one attached hydrogen (secondary N) is 1. The van der Waals surface area contributed by atoms with Crippen molar-refractivity contribution in [3.63, 3.8) is 0 Å². The van der Waals surface area contributed by atoms with Crippen LogP contribution in [0.1, 0.15) is 22.3 Å². The Hall–Kier alpha value is -1.57. The van der Waals surface area contributed by atoms with E-state index in [0.717, 1.165) is 16.3 Å². The third-order valence-electron chi connectivity index (χ3n) is 2.77. The molecule has 0 aliphatic carbocycles. The number of hydrogen-bond donors (Lipinski definition) is 2. The van der Waals surface area contributed by atoms with E-state index in [1.54, 1.807) is 23.5 Å². The molecule has 1 aromatic carbocycles. The average Bonchev–Trinajstić information content (AvgIpc) is 2.81. The molecule has 1 unspecified atom stereocenters. The lowest BCUT2D eigenvalue weighted by Gasteiger charge is -2.16. The van der Waals surface area contributed by atoms with Crippen LogP contribution >= 0.6 is 11.3 Å². The lowest BCUT2D eigenvalue weighted by Crippen LogP contribution is -2.29. The van der Waals surface area contributed by atoms with E-state index in [4.69, 9.17) is 5.84 Å². The highest BCUT2D eigenvalue weighted by atomic mass is 32.1. The number of hydrazine groups is 1. The summed E-state index contributed by atoms with van der Waals surface area (Å²) in [7, 11) is 0. The number of aromatic nitrogens is 1. The molecule has 0 bridgehead atoms. The first-order valence-electron chi connectivity index (χ1n) is 6.00. The lowest BCUT2D eigenvalue weighted by atomic mass is 10.0. The molecule has 0 aliphatic heterocycles. The van der Waals surface area contributed by atoms with Crippen LogP contribution in [0.5, 0.6) is 5.75 Å². The van der Waals surface area contributed by atoms with Crippen molar-refractivity contribution in [3.8, 4) is 5.75 Å². The van der Waals surface area contributed by atoms with E-state index in [2.05, 4.69) is 15.1 Å². The third kappa shape index (κ3) is 3.96. The van der Waals surface area contributed by atoms with Crippen LogP contribution in [0.2, 0.25) is 0 Å². The maximum Gasteiger partial charge on any atom is 0.387 e. The van der Waals surface area contributed by atoms with E-state index in [0.29, 0.717) is 6.42 Å². The van der Waals surface area contributed by atoms with E-state index in [1.807, 2.05) is 18.4 Å². The molecule has 2 aromatic rings. The zero-order valence-corrected chi connectivity index (χ0v) is 11.7. The Morgan fingerprint density at radius 1 is 1.45 bits per heavy atom. The van der Waals surface area contributed by atoms with Gasteiger partial charge in [0.25, 0.3) is 0 Å². The molecular weight excluding hydrogens is 284 g/mol. The standard InChI is InChI=1S/C13H15F2N3OS/c1-8-17-10(7-20-8)6-12(18-16)9-3-2-4-11(5-9)19-13(14)15/h2-5,7,12-13,18H,6,16H2,1H3. The summed E-state index contributed by atoms with van der Waals surface area (Å²) in [5.74, 6) is 5.67. The van der Waals surface area contributed by atoms with Gasteiger partial charge in [-0.25, -0.2) is 4.98 Å². The van der Waals surface area contributed by atoms with Gasteiger partial charge in [0, 0.05) is 11.8 Å². The molecule has 1 aromatic heterocycles. The average molecular weight is 299 g/mol. The molecule has 0 aliphatic rings. The van der Waals surface area contributed by atoms with E-state index in [9.17, 15) is 8.78 Å². The summed E-state index contributed by atoms with van der Waals surface area (Å²) in [4.78, 5) is 4.37. The number of thiazole rings is 1. The topological polar surface area (TPSA) is 60.2 Å². The van der Waals surface area contributed by atoms with Crippen molar-refractivity contribution >= 4 is 11.3 Å². The smallest absolute Gasteiger partial charge is 0.387 e. The van der Waals surface area contributed by atoms with Gasteiger partial charge in [-0.05, 0) is 24.6 Å². The molecule has 7 heteroatoms. The molecule has 3 N–H and O–H groups in total. The normalized spacial score (nSPS) is 12.7. The number of benzene rings is 1. The summed E-state index contributed by atoms with van der Waals surface area (Å²) < 4.78 is 28.8. The van der Waals surface area contributed by atoms with Crippen LogP contribution < -0.4 is 16.0 Å². The van der Waals surface area contributed by atoms with Gasteiger partial charge >= 0.3 is 6.61 Å². The van der Waals surface area contributed by atoms with Gasteiger partial charge < -0.3 is 4.74 Å². The minimum absolute atomic E-state index is 0.118. The van der Waals surface area contributed by atoms with Crippen molar-refractivity contribution in [1.29, 1.82) is 0 Å². The molecule has 0 fully saturated rings. The number of hydrogen-bond acceptors (Lipinski definition) is 5. The number of halogens is 2. The second kappa shape index (κ2) is 6.74. The highest BCUT2D eigenvalue weighted by Crippen LogP contribution is 2.23. The number of alkyl halides is 2.